The summed E-state index contributed by atoms with van der Waals surface area (Å²) in [4.78, 5) is 5.11. The SMILES string of the molecule is C[C@@H](O)CN1CCC(N2CCCCC2)CC1. The predicted molar refractivity (Wildman–Crippen MR) is 66.6 cm³/mol. The Hall–Kier alpha value is -0.120. The molecule has 0 aliphatic carbocycles. The van der Waals surface area contributed by atoms with Crippen molar-refractivity contribution in [1.29, 1.82) is 0 Å². The molecule has 3 heteroatoms. The van der Waals surface area contributed by atoms with E-state index >= 15 is 0 Å². The Morgan fingerprint density at radius 2 is 1.69 bits per heavy atom. The van der Waals surface area contributed by atoms with Gasteiger partial charge in [-0.25, -0.2) is 0 Å². The quantitative estimate of drug-likeness (QED) is 0.786. The molecule has 0 aromatic carbocycles. The lowest BCUT2D eigenvalue weighted by molar-refractivity contribution is 0.0657. The minimum atomic E-state index is -0.175. The zero-order valence-corrected chi connectivity index (χ0v) is 10.6. The summed E-state index contributed by atoms with van der Waals surface area (Å²) in [5.41, 5.74) is 0. The molecule has 1 atom stereocenters. The predicted octanol–water partition coefficient (Wildman–Crippen LogP) is 1.32. The van der Waals surface area contributed by atoms with Crippen LogP contribution in [0.4, 0.5) is 0 Å². The number of rotatable bonds is 3. The summed E-state index contributed by atoms with van der Waals surface area (Å²) in [6.07, 6.45) is 6.64. The van der Waals surface area contributed by atoms with Crippen molar-refractivity contribution in [3.8, 4) is 0 Å². The van der Waals surface area contributed by atoms with Crippen molar-refractivity contribution in [2.75, 3.05) is 32.7 Å². The molecule has 1 N–H and O–H groups in total. The highest BCUT2D eigenvalue weighted by atomic mass is 16.3. The van der Waals surface area contributed by atoms with Crippen LogP contribution in [-0.2, 0) is 0 Å². The number of aliphatic hydroxyl groups excluding tert-OH is 1. The second-order valence-electron chi connectivity index (χ2n) is 5.48. The van der Waals surface area contributed by atoms with Crippen LogP contribution >= 0.6 is 0 Å². The molecule has 0 aromatic heterocycles. The Bertz CT molecular complexity index is 194. The van der Waals surface area contributed by atoms with Crippen molar-refractivity contribution in [2.45, 2.75) is 51.2 Å². The van der Waals surface area contributed by atoms with Gasteiger partial charge in [-0.1, -0.05) is 6.42 Å². The molecule has 0 bridgehead atoms. The summed E-state index contributed by atoms with van der Waals surface area (Å²) in [5.74, 6) is 0. The highest BCUT2D eigenvalue weighted by molar-refractivity contribution is 4.81. The molecule has 2 fully saturated rings. The first-order chi connectivity index (χ1) is 7.75. The third kappa shape index (κ3) is 3.44. The highest BCUT2D eigenvalue weighted by Crippen LogP contribution is 2.20. The fourth-order valence-corrected chi connectivity index (χ4v) is 3.12. The van der Waals surface area contributed by atoms with Crippen LogP contribution in [0.3, 0.4) is 0 Å². The lowest BCUT2D eigenvalue weighted by Crippen LogP contribution is -2.47. The second-order valence-corrected chi connectivity index (χ2v) is 5.48. The van der Waals surface area contributed by atoms with E-state index in [1.165, 1.54) is 58.3 Å². The summed E-state index contributed by atoms with van der Waals surface area (Å²) in [6.45, 7) is 7.73. The minimum Gasteiger partial charge on any atom is -0.392 e. The van der Waals surface area contributed by atoms with E-state index < -0.39 is 0 Å². The Balaban J connectivity index is 1.71. The first kappa shape index (κ1) is 12.3. The summed E-state index contributed by atoms with van der Waals surface area (Å²) >= 11 is 0. The maximum Gasteiger partial charge on any atom is 0.0639 e. The van der Waals surface area contributed by atoms with Gasteiger partial charge in [-0.3, -0.25) is 0 Å². The molecule has 2 aliphatic heterocycles. The largest absolute Gasteiger partial charge is 0.392 e. The Kier molecular flexibility index (Phi) is 4.62. The molecule has 94 valence electrons. The van der Waals surface area contributed by atoms with E-state index in [0.717, 1.165) is 12.6 Å². The van der Waals surface area contributed by atoms with Crippen LogP contribution in [0.2, 0.25) is 0 Å². The lowest BCUT2D eigenvalue weighted by Gasteiger charge is -2.40. The topological polar surface area (TPSA) is 26.7 Å². The summed E-state index contributed by atoms with van der Waals surface area (Å²) in [6, 6.07) is 0.825. The standard InChI is InChI=1S/C13H26N2O/c1-12(16)11-14-9-5-13(6-10-14)15-7-3-2-4-8-15/h12-13,16H,2-11H2,1H3/t12-/m1/s1. The first-order valence-corrected chi connectivity index (χ1v) is 6.90. The molecule has 0 unspecified atom stereocenters. The van der Waals surface area contributed by atoms with Gasteiger partial charge in [0.2, 0.25) is 0 Å². The van der Waals surface area contributed by atoms with Gasteiger partial charge in [0.25, 0.3) is 0 Å². The number of likely N-dealkylation sites (tertiary alicyclic amines) is 2. The number of aliphatic hydroxyl groups is 1. The Labute approximate surface area is 99.4 Å². The molecular weight excluding hydrogens is 200 g/mol. The lowest BCUT2D eigenvalue weighted by atomic mass is 10.00. The van der Waals surface area contributed by atoms with Gasteiger partial charge in [-0.2, -0.15) is 0 Å². The maximum atomic E-state index is 9.37. The van der Waals surface area contributed by atoms with Gasteiger partial charge in [-0.15, -0.1) is 0 Å². The van der Waals surface area contributed by atoms with Crippen LogP contribution < -0.4 is 0 Å². The minimum absolute atomic E-state index is 0.175. The smallest absolute Gasteiger partial charge is 0.0639 e. The summed E-state index contributed by atoms with van der Waals surface area (Å²) in [7, 11) is 0. The van der Waals surface area contributed by atoms with Gasteiger partial charge in [0.1, 0.15) is 0 Å². The Morgan fingerprint density at radius 3 is 2.25 bits per heavy atom. The molecule has 0 spiro atoms. The van der Waals surface area contributed by atoms with Crippen molar-refractivity contribution in [1.82, 2.24) is 9.80 Å². The van der Waals surface area contributed by atoms with Gasteiger partial charge in [0.05, 0.1) is 6.10 Å². The normalized spacial score (nSPS) is 28.1. The fraction of sp³-hybridized carbons (Fsp3) is 1.00. The third-order valence-corrected chi connectivity index (χ3v) is 3.99. The van der Waals surface area contributed by atoms with Crippen LogP contribution in [0, 0.1) is 0 Å². The molecule has 2 aliphatic rings. The van der Waals surface area contributed by atoms with Crippen LogP contribution in [-0.4, -0.2) is 59.8 Å². The molecule has 0 amide bonds. The summed E-state index contributed by atoms with van der Waals surface area (Å²) in [5, 5.41) is 9.37. The Morgan fingerprint density at radius 1 is 1.06 bits per heavy atom. The van der Waals surface area contributed by atoms with Gasteiger partial charge in [0.15, 0.2) is 0 Å². The molecule has 2 rings (SSSR count). The molecule has 0 aromatic rings. The van der Waals surface area contributed by atoms with Crippen molar-refractivity contribution < 1.29 is 5.11 Å². The number of β-amino-alcohol motifs (C(OH)–C–C–N with tert-alkyl or cyclic N) is 1. The van der Waals surface area contributed by atoms with Gasteiger partial charge in [-0.05, 0) is 58.8 Å². The summed E-state index contributed by atoms with van der Waals surface area (Å²) < 4.78 is 0. The van der Waals surface area contributed by atoms with Crippen LogP contribution in [0.25, 0.3) is 0 Å². The van der Waals surface area contributed by atoms with Crippen molar-refractivity contribution in [3.05, 3.63) is 0 Å². The molecule has 16 heavy (non-hydrogen) atoms. The van der Waals surface area contributed by atoms with Gasteiger partial charge >= 0.3 is 0 Å². The van der Waals surface area contributed by atoms with E-state index in [2.05, 4.69) is 9.80 Å². The number of piperidine rings is 2. The maximum absolute atomic E-state index is 9.37. The zero-order chi connectivity index (χ0) is 11.4. The zero-order valence-electron chi connectivity index (χ0n) is 10.6. The van der Waals surface area contributed by atoms with Crippen LogP contribution in [0.15, 0.2) is 0 Å². The molecule has 2 saturated heterocycles. The van der Waals surface area contributed by atoms with E-state index in [1.807, 2.05) is 6.92 Å². The van der Waals surface area contributed by atoms with Gasteiger partial charge < -0.3 is 14.9 Å². The molecule has 3 nitrogen and oxygen atoms in total. The molecule has 2 heterocycles. The first-order valence-electron chi connectivity index (χ1n) is 6.90. The van der Waals surface area contributed by atoms with Crippen molar-refractivity contribution in [3.63, 3.8) is 0 Å². The highest BCUT2D eigenvalue weighted by Gasteiger charge is 2.25. The van der Waals surface area contributed by atoms with E-state index in [1.54, 1.807) is 0 Å². The molecule has 0 radical (unpaired) electrons. The monoisotopic (exact) mass is 226 g/mol. The van der Waals surface area contributed by atoms with Gasteiger partial charge in [0, 0.05) is 12.6 Å². The van der Waals surface area contributed by atoms with Crippen molar-refractivity contribution >= 4 is 0 Å². The fourth-order valence-electron chi connectivity index (χ4n) is 3.12. The van der Waals surface area contributed by atoms with E-state index in [9.17, 15) is 5.11 Å². The van der Waals surface area contributed by atoms with E-state index in [0.29, 0.717) is 0 Å². The molecule has 0 saturated carbocycles. The van der Waals surface area contributed by atoms with Crippen LogP contribution in [0.5, 0.6) is 0 Å². The average molecular weight is 226 g/mol. The number of hydrogen-bond acceptors (Lipinski definition) is 3. The number of hydrogen-bond donors (Lipinski definition) is 1. The number of nitrogens with zero attached hydrogens (tertiary/aromatic N) is 2. The van der Waals surface area contributed by atoms with E-state index in [4.69, 9.17) is 0 Å². The average Bonchev–Trinajstić information content (AvgIpc) is 2.30. The second kappa shape index (κ2) is 5.99. The molecular formula is C13H26N2O. The third-order valence-electron chi connectivity index (χ3n) is 3.99. The van der Waals surface area contributed by atoms with Crippen LogP contribution in [0.1, 0.15) is 39.0 Å². The van der Waals surface area contributed by atoms with Crippen molar-refractivity contribution in [2.24, 2.45) is 0 Å². The van der Waals surface area contributed by atoms with E-state index in [-0.39, 0.29) is 6.10 Å².